The van der Waals surface area contributed by atoms with Crippen molar-refractivity contribution < 1.29 is 28.7 Å². The van der Waals surface area contributed by atoms with Gasteiger partial charge in [-0.25, -0.2) is 9.59 Å². The van der Waals surface area contributed by atoms with Crippen molar-refractivity contribution in [2.45, 2.75) is 490 Å². The van der Waals surface area contributed by atoms with Crippen LogP contribution < -0.4 is 37.4 Å². The van der Waals surface area contributed by atoms with E-state index in [1.807, 2.05) is 82.6 Å². The van der Waals surface area contributed by atoms with Gasteiger partial charge in [-0.3, -0.25) is 9.59 Å². The Hall–Kier alpha value is -9.26. The van der Waals surface area contributed by atoms with Crippen molar-refractivity contribution in [3.63, 3.8) is 0 Å². The first-order valence-corrected chi connectivity index (χ1v) is 64.0. The van der Waals surface area contributed by atoms with Crippen LogP contribution in [0.25, 0.3) is 87.2 Å². The number of nitrogens with zero attached hydrogens (tertiary/aromatic N) is 6. The Morgan fingerprint density at radius 2 is 0.573 bits per heavy atom. The second-order valence-corrected chi connectivity index (χ2v) is 48.7. The van der Waals surface area contributed by atoms with Gasteiger partial charge in [-0.05, 0) is 146 Å². The van der Waals surface area contributed by atoms with Crippen LogP contribution in [-0.4, -0.2) is 36.8 Å². The van der Waals surface area contributed by atoms with E-state index >= 15 is 19.2 Å². The first-order valence-electron chi connectivity index (χ1n) is 60.8. The van der Waals surface area contributed by atoms with Crippen LogP contribution in [0.15, 0.2) is 109 Å². The molecule has 8 heterocycles. The number of anilines is 2. The lowest BCUT2D eigenvalue weighted by Gasteiger charge is -2.21. The molecule has 4 aliphatic heterocycles. The molecule has 0 aliphatic carbocycles. The fraction of sp³-hybridized carbons (Fsp3) is 0.597. The third-order valence-electron chi connectivity index (χ3n) is 32.4. The van der Waals surface area contributed by atoms with E-state index in [1.54, 1.807) is 22.7 Å². The summed E-state index contributed by atoms with van der Waals surface area (Å²) < 4.78 is 16.1. The van der Waals surface area contributed by atoms with E-state index in [-0.39, 0.29) is 45.9 Å². The van der Waals surface area contributed by atoms with Gasteiger partial charge >= 0.3 is 17.8 Å². The van der Waals surface area contributed by atoms with Gasteiger partial charge in [-0.1, -0.05) is 489 Å². The number of benzene rings is 4. The summed E-state index contributed by atoms with van der Waals surface area (Å²) in [7, 11) is 0. The van der Waals surface area contributed by atoms with Crippen molar-refractivity contribution in [1.29, 1.82) is 10.5 Å². The molecule has 0 saturated carbocycles. The van der Waals surface area contributed by atoms with E-state index in [0.29, 0.717) is 78.2 Å². The number of esters is 2. The predicted molar refractivity (Wildman–Crippen MR) is 641 cm³/mol. The van der Waals surface area contributed by atoms with E-state index < -0.39 is 11.9 Å². The summed E-state index contributed by atoms with van der Waals surface area (Å²) in [5.74, 6) is 0.0286. The van der Waals surface area contributed by atoms with E-state index in [9.17, 15) is 10.5 Å². The molecule has 150 heavy (non-hydrogen) atoms. The highest BCUT2D eigenvalue weighted by molar-refractivity contribution is 7.17. The molecule has 0 saturated heterocycles. The number of thiophene rings is 4. The quantitative estimate of drug-likeness (QED) is 0.0120. The van der Waals surface area contributed by atoms with Gasteiger partial charge in [-0.15, -0.1) is 45.3 Å². The standard InChI is InChI=1S/C134H182N6O6S4/c1-7-11-15-19-23-27-31-35-39-43-47-51-55-59-63-67-73-103(74-68-64-60-56-52-48-44-40-36-32-28-24-20-16-12-8-2)77-71-95-139-118-97-105(120-91-81-108(147-120)99-110-83-93-122(149-110)107(101-135)102-136)79-85-114(118)124(131(139)141)126-116-89-87-113-112(128(116)145-133(126)143)88-90-117-127(134(144)146-129(113)117)125-115-86-80-106(121-92-82-109(148-121)100-111-84-94-123(150-111)130(137-5)138-6)98-119(115)140(132(125)142)96-72-78-104(75-69-65-61-57-53-49-45-41-37-33-29-25-21-17-13-9-3)76-70-66-62-58-54-50-46-42-38-34-30-26-22-18-14-10-4/h79-94,97-100,103-104H,7-78,95-96H2,1-4H3/b110-99+,111-100+,126-124+,127-125+. The molecule has 4 aromatic heterocycles. The lowest BCUT2D eigenvalue weighted by atomic mass is 9.90. The molecular formula is C134H182N6O6S4. The molecule has 808 valence electrons. The van der Waals surface area contributed by atoms with Crippen LogP contribution in [-0.2, 0) is 19.2 Å². The van der Waals surface area contributed by atoms with Gasteiger partial charge in [0, 0.05) is 74.7 Å². The van der Waals surface area contributed by atoms with Gasteiger partial charge in [0.05, 0.1) is 38.2 Å². The normalized spacial score (nSPS) is 14.4. The third-order valence-corrected chi connectivity index (χ3v) is 36.6. The smallest absolute Gasteiger partial charge is 0.422 e. The first kappa shape index (κ1) is 119. The van der Waals surface area contributed by atoms with Gasteiger partial charge in [0.2, 0.25) is 0 Å². The molecule has 12 rings (SSSR count). The number of hydrogen-bond donors (Lipinski definition) is 0. The van der Waals surface area contributed by atoms with Crippen LogP contribution in [0.3, 0.4) is 0 Å². The number of nitriles is 2. The Balaban J connectivity index is 0.779. The fourth-order valence-corrected chi connectivity index (χ4v) is 27.4. The Bertz CT molecular complexity index is 5540. The molecular weight excluding hydrogens is 1920 g/mol. The number of carbonyl (C=O) groups is 4. The maximum absolute atomic E-state index is 16.0. The molecule has 0 atom stereocenters. The number of unbranched alkanes of at least 4 members (excludes halogenated alkanes) is 60. The first-order chi connectivity index (χ1) is 73.9. The number of rotatable bonds is 80. The zero-order chi connectivity index (χ0) is 105. The highest BCUT2D eigenvalue weighted by Gasteiger charge is 2.45. The molecule has 0 N–H and O–H groups in total. The van der Waals surface area contributed by atoms with Crippen molar-refractivity contribution in [3.05, 3.63) is 182 Å². The maximum Gasteiger partial charge on any atom is 0.536 e. The summed E-state index contributed by atoms with van der Waals surface area (Å²) in [6.07, 6.45) is 98.9. The fourth-order valence-electron chi connectivity index (χ4n) is 23.5. The van der Waals surface area contributed by atoms with E-state index in [4.69, 9.17) is 22.6 Å². The number of hydrogen-bond acceptors (Lipinski definition) is 12. The van der Waals surface area contributed by atoms with Crippen molar-refractivity contribution in [2.24, 2.45) is 11.8 Å². The molecule has 4 aromatic carbocycles. The average molecular weight is 2100 g/mol. The minimum absolute atomic E-state index is 0.0642. The van der Waals surface area contributed by atoms with Crippen LogP contribution in [0, 0.1) is 47.6 Å². The largest absolute Gasteiger partial charge is 0.536 e. The summed E-state index contributed by atoms with van der Waals surface area (Å²) in [5.41, 5.74) is 6.87. The number of fused-ring (bicyclic) bond motifs is 7. The molecule has 0 unspecified atom stereocenters. The van der Waals surface area contributed by atoms with Crippen LogP contribution in [0.2, 0.25) is 0 Å². The van der Waals surface area contributed by atoms with Crippen LogP contribution in [0.5, 0.6) is 11.5 Å². The Morgan fingerprint density at radius 3 is 0.860 bits per heavy atom. The van der Waals surface area contributed by atoms with Crippen molar-refractivity contribution >= 4 is 137 Å². The number of ether oxygens (including phenoxy) is 2. The molecule has 0 spiro atoms. The van der Waals surface area contributed by atoms with Crippen LogP contribution in [0.4, 0.5) is 11.4 Å². The number of amides is 2. The van der Waals surface area contributed by atoms with Crippen molar-refractivity contribution in [1.82, 2.24) is 0 Å². The number of carbonyl (C=O) groups excluding carboxylic acids is 4. The zero-order valence-electron chi connectivity index (χ0n) is 92.8. The van der Waals surface area contributed by atoms with Gasteiger partial charge < -0.3 is 19.3 Å². The summed E-state index contributed by atoms with van der Waals surface area (Å²) in [5, 5.41) is 20.4. The van der Waals surface area contributed by atoms with Crippen LogP contribution >= 0.6 is 45.3 Å². The van der Waals surface area contributed by atoms with E-state index in [2.05, 4.69) is 98.1 Å². The lowest BCUT2D eigenvalue weighted by molar-refractivity contribution is -0.127. The maximum atomic E-state index is 16.0. The minimum atomic E-state index is -0.625. The predicted octanol–water partition coefficient (Wildman–Crippen LogP) is 38.9. The topological polar surface area (TPSA) is 150 Å². The molecule has 0 bridgehead atoms. The minimum Gasteiger partial charge on any atom is -0.422 e. The van der Waals surface area contributed by atoms with Gasteiger partial charge in [0.1, 0.15) is 46.9 Å². The Labute approximate surface area is 920 Å². The Morgan fingerprint density at radius 1 is 0.307 bits per heavy atom. The van der Waals surface area contributed by atoms with Gasteiger partial charge in [0.15, 0.2) is 0 Å². The SMILES string of the molecule is [C-]#[N+]C([N+]#[C-])=c1cc/c(=C\c2ccc(-c3ccc4c(c3)N(CCCC(CCCCCCCCCCCCCCCCCC)CCCCCCCCCCCCCCCCCC)C(=O)/C4=C3/C(=O)Oc4c3ccc3c5c(ccc43)/C(=C3\C(=O)N(CCCC(CCCCCCCCCCCCCCCCCC)CCCCCCCCCCCCCCCCCC)c4cc(-c6ccc(/C=c7\ccc(=C(C#N)C#N)s7)s6)ccc43)C(=O)O5)s2)s1. The van der Waals surface area contributed by atoms with Crippen molar-refractivity contribution in [3.8, 4) is 44.5 Å². The summed E-state index contributed by atoms with van der Waals surface area (Å²) in [6.45, 7) is 25.3. The van der Waals surface area contributed by atoms with E-state index in [0.717, 1.165) is 76.8 Å². The van der Waals surface area contributed by atoms with E-state index in [1.165, 1.54) is 459 Å². The second kappa shape index (κ2) is 69.5. The highest BCUT2D eigenvalue weighted by Crippen LogP contribution is 2.54. The Kier molecular flexibility index (Phi) is 55.3. The summed E-state index contributed by atoms with van der Waals surface area (Å²) in [4.78, 5) is 77.3. The van der Waals surface area contributed by atoms with Gasteiger partial charge in [0.25, 0.3) is 11.8 Å². The van der Waals surface area contributed by atoms with Crippen molar-refractivity contribution in [2.75, 3.05) is 22.9 Å². The molecule has 12 nitrogen and oxygen atoms in total. The molecule has 0 fully saturated rings. The van der Waals surface area contributed by atoms with Gasteiger partial charge in [-0.2, -0.15) is 20.2 Å². The monoisotopic (exact) mass is 2100 g/mol. The average Bonchev–Trinajstić information content (AvgIpc) is 1.55. The van der Waals surface area contributed by atoms with Crippen LogP contribution in [0.1, 0.15) is 522 Å². The highest BCUT2D eigenvalue weighted by atomic mass is 32.1. The molecule has 2 amide bonds. The zero-order valence-corrected chi connectivity index (χ0v) is 96.1. The lowest BCUT2D eigenvalue weighted by Crippen LogP contribution is -2.28. The molecule has 16 heteroatoms. The summed E-state index contributed by atoms with van der Waals surface area (Å²) >= 11 is 6.11. The second-order valence-electron chi connectivity index (χ2n) is 44.3. The molecule has 4 aliphatic rings. The molecule has 0 radical (unpaired) electrons. The third kappa shape index (κ3) is 38.1. The molecule has 8 aromatic rings. The summed E-state index contributed by atoms with van der Waals surface area (Å²) in [6, 6.07) is 39.8.